The van der Waals surface area contributed by atoms with E-state index in [1.165, 1.54) is 22.7 Å². The van der Waals surface area contributed by atoms with E-state index in [0.717, 1.165) is 5.01 Å². The molecular formula is C15H19N3O2S2. The van der Waals surface area contributed by atoms with Crippen LogP contribution in [0, 0.1) is 0 Å². The number of carbonyl (C=O) groups is 2. The molecule has 7 heteroatoms. The first-order chi connectivity index (χ1) is 10.3. The smallest absolute Gasteiger partial charge is 0.262 e. The molecule has 0 aliphatic carbocycles. The summed E-state index contributed by atoms with van der Waals surface area (Å²) in [5.41, 5.74) is -0.985. The minimum atomic E-state index is -0.985. The molecule has 0 aromatic carbocycles. The largest absolute Gasteiger partial charge is 0.337 e. The van der Waals surface area contributed by atoms with Gasteiger partial charge in [0.05, 0.1) is 10.9 Å². The Morgan fingerprint density at radius 3 is 2.59 bits per heavy atom. The van der Waals surface area contributed by atoms with Crippen molar-refractivity contribution in [3.8, 4) is 0 Å². The number of nitrogens with zero attached hydrogens (tertiary/aromatic N) is 2. The third kappa shape index (κ3) is 3.53. The molecule has 0 aliphatic heterocycles. The molecule has 1 N–H and O–H groups in total. The second kappa shape index (κ2) is 6.58. The normalized spacial score (nSPS) is 12.7. The van der Waals surface area contributed by atoms with Crippen LogP contribution in [-0.2, 0) is 4.79 Å². The highest BCUT2D eigenvalue weighted by Crippen LogP contribution is 2.23. The second-order valence-corrected chi connectivity index (χ2v) is 7.39. The van der Waals surface area contributed by atoms with Crippen molar-refractivity contribution >= 4 is 34.5 Å². The van der Waals surface area contributed by atoms with Crippen molar-refractivity contribution in [2.45, 2.75) is 32.4 Å². The van der Waals surface area contributed by atoms with E-state index in [4.69, 9.17) is 0 Å². The van der Waals surface area contributed by atoms with E-state index < -0.39 is 5.54 Å². The lowest BCUT2D eigenvalue weighted by Crippen LogP contribution is -2.55. The number of thiazole rings is 1. The highest BCUT2D eigenvalue weighted by atomic mass is 32.1. The minimum Gasteiger partial charge on any atom is -0.337 e. The molecule has 0 saturated heterocycles. The molecule has 0 spiro atoms. The summed E-state index contributed by atoms with van der Waals surface area (Å²) in [6, 6.07) is 3.42. The van der Waals surface area contributed by atoms with Gasteiger partial charge >= 0.3 is 0 Å². The molecule has 2 amide bonds. The number of carbonyl (C=O) groups excluding carboxylic acids is 2. The predicted molar refractivity (Wildman–Crippen MR) is 89.2 cm³/mol. The molecule has 0 radical (unpaired) electrons. The molecule has 0 aliphatic rings. The van der Waals surface area contributed by atoms with E-state index in [1.54, 1.807) is 38.1 Å². The fraction of sp³-hybridized carbons (Fsp3) is 0.400. The van der Waals surface area contributed by atoms with Crippen LogP contribution >= 0.6 is 22.7 Å². The fourth-order valence-corrected chi connectivity index (χ4v) is 3.39. The number of likely N-dealkylation sites (N-methyl/N-ethyl adjacent to an activating group) is 1. The van der Waals surface area contributed by atoms with Crippen molar-refractivity contribution in [1.82, 2.24) is 15.2 Å². The van der Waals surface area contributed by atoms with Crippen LogP contribution in [0.1, 0.15) is 41.5 Å². The number of thiophene rings is 1. The van der Waals surface area contributed by atoms with Crippen molar-refractivity contribution in [2.75, 3.05) is 7.05 Å². The molecule has 118 valence electrons. The van der Waals surface area contributed by atoms with E-state index in [-0.39, 0.29) is 17.9 Å². The lowest BCUT2D eigenvalue weighted by Gasteiger charge is -2.33. The van der Waals surface area contributed by atoms with Crippen molar-refractivity contribution in [1.29, 1.82) is 0 Å². The molecule has 2 heterocycles. The maximum absolute atomic E-state index is 12.7. The minimum absolute atomic E-state index is 0.134. The van der Waals surface area contributed by atoms with Crippen molar-refractivity contribution in [3.63, 3.8) is 0 Å². The van der Waals surface area contributed by atoms with Crippen molar-refractivity contribution < 1.29 is 9.59 Å². The molecule has 22 heavy (non-hydrogen) atoms. The molecule has 1 atom stereocenters. The Kier molecular flexibility index (Phi) is 4.97. The third-order valence-electron chi connectivity index (χ3n) is 3.42. The topological polar surface area (TPSA) is 62.3 Å². The van der Waals surface area contributed by atoms with Gasteiger partial charge in [0.2, 0.25) is 5.91 Å². The fourth-order valence-electron chi connectivity index (χ4n) is 2.03. The first-order valence-electron chi connectivity index (χ1n) is 6.85. The third-order valence-corrected chi connectivity index (χ3v) is 5.23. The summed E-state index contributed by atoms with van der Waals surface area (Å²) in [5.74, 6) is -0.385. The molecule has 0 bridgehead atoms. The van der Waals surface area contributed by atoms with E-state index in [1.807, 2.05) is 23.8 Å². The van der Waals surface area contributed by atoms with Crippen molar-refractivity contribution in [3.05, 3.63) is 39.0 Å². The van der Waals surface area contributed by atoms with Gasteiger partial charge in [-0.05, 0) is 32.2 Å². The summed E-state index contributed by atoms with van der Waals surface area (Å²) in [4.78, 5) is 31.3. The van der Waals surface area contributed by atoms with Crippen LogP contribution in [-0.4, -0.2) is 34.3 Å². The van der Waals surface area contributed by atoms with E-state index in [0.29, 0.717) is 4.88 Å². The molecule has 0 saturated carbocycles. The Labute approximate surface area is 138 Å². The van der Waals surface area contributed by atoms with E-state index in [2.05, 4.69) is 10.3 Å². The summed E-state index contributed by atoms with van der Waals surface area (Å²) in [7, 11) is 1.73. The van der Waals surface area contributed by atoms with Gasteiger partial charge in [0.1, 0.15) is 10.5 Å². The molecule has 5 nitrogen and oxygen atoms in total. The van der Waals surface area contributed by atoms with Gasteiger partial charge < -0.3 is 10.2 Å². The summed E-state index contributed by atoms with van der Waals surface area (Å²) in [6.45, 7) is 5.35. The van der Waals surface area contributed by atoms with Gasteiger partial charge in [0.15, 0.2) is 0 Å². The van der Waals surface area contributed by atoms with Gasteiger partial charge in [-0.3, -0.25) is 9.59 Å². The molecule has 0 fully saturated rings. The van der Waals surface area contributed by atoms with Crippen LogP contribution in [0.3, 0.4) is 0 Å². The second-order valence-electron chi connectivity index (χ2n) is 5.52. The predicted octanol–water partition coefficient (Wildman–Crippen LogP) is 2.93. The van der Waals surface area contributed by atoms with Crippen LogP contribution < -0.4 is 5.32 Å². The number of aromatic nitrogens is 1. The highest BCUT2D eigenvalue weighted by molar-refractivity contribution is 7.12. The number of rotatable bonds is 5. The van der Waals surface area contributed by atoms with Crippen LogP contribution in [0.2, 0.25) is 0 Å². The number of amides is 2. The first-order valence-corrected chi connectivity index (χ1v) is 8.61. The molecule has 2 rings (SSSR count). The van der Waals surface area contributed by atoms with Crippen LogP contribution in [0.15, 0.2) is 29.1 Å². The van der Waals surface area contributed by atoms with Gasteiger partial charge in [-0.25, -0.2) is 4.98 Å². The Balaban J connectivity index is 2.07. The van der Waals surface area contributed by atoms with E-state index >= 15 is 0 Å². The van der Waals surface area contributed by atoms with Crippen LogP contribution in [0.5, 0.6) is 0 Å². The molecule has 2 aromatic heterocycles. The molecule has 0 unspecified atom stereocenters. The van der Waals surface area contributed by atoms with Crippen LogP contribution in [0.4, 0.5) is 0 Å². The zero-order valence-corrected chi connectivity index (χ0v) is 14.6. The summed E-state index contributed by atoms with van der Waals surface area (Å²) in [6.07, 6.45) is 1.72. The average molecular weight is 337 g/mol. The molecular weight excluding hydrogens is 318 g/mol. The number of nitrogens with one attached hydrogen (secondary N) is 1. The maximum Gasteiger partial charge on any atom is 0.262 e. The summed E-state index contributed by atoms with van der Waals surface area (Å²) < 4.78 is 0. The van der Waals surface area contributed by atoms with Gasteiger partial charge in [-0.1, -0.05) is 6.07 Å². The van der Waals surface area contributed by atoms with E-state index in [9.17, 15) is 9.59 Å². The van der Waals surface area contributed by atoms with Crippen LogP contribution in [0.25, 0.3) is 0 Å². The zero-order chi connectivity index (χ0) is 16.3. The maximum atomic E-state index is 12.7. The number of hydrogen-bond acceptors (Lipinski definition) is 5. The molecule has 2 aromatic rings. The average Bonchev–Trinajstić information content (AvgIpc) is 3.16. The monoisotopic (exact) mass is 337 g/mol. The summed E-state index contributed by atoms with van der Waals surface area (Å²) >= 11 is 2.86. The van der Waals surface area contributed by atoms with Gasteiger partial charge in [0, 0.05) is 18.6 Å². The lowest BCUT2D eigenvalue weighted by molar-refractivity contribution is -0.137. The quantitative estimate of drug-likeness (QED) is 0.912. The highest BCUT2D eigenvalue weighted by Gasteiger charge is 2.35. The number of hydrogen-bond donors (Lipinski definition) is 1. The van der Waals surface area contributed by atoms with Gasteiger partial charge in [-0.2, -0.15) is 0 Å². The Bertz CT molecular complexity index is 636. The first kappa shape index (κ1) is 16.6. The summed E-state index contributed by atoms with van der Waals surface area (Å²) in [5, 5.41) is 7.39. The SMILES string of the molecule is C[C@@H](c1nccs1)N(C)C(=O)C(C)(C)NC(=O)c1cccs1. The van der Waals surface area contributed by atoms with Gasteiger partial charge in [0.25, 0.3) is 5.91 Å². The van der Waals surface area contributed by atoms with Gasteiger partial charge in [-0.15, -0.1) is 22.7 Å². The zero-order valence-electron chi connectivity index (χ0n) is 13.0. The standard InChI is InChI=1S/C15H19N3O2S2/c1-10(13-16-7-9-22-13)18(4)14(20)15(2,3)17-12(19)11-6-5-8-21-11/h5-10H,1-4H3,(H,17,19)/t10-/m0/s1. The Hall–Kier alpha value is -1.73. The Morgan fingerprint density at radius 1 is 1.32 bits per heavy atom. The Morgan fingerprint density at radius 2 is 2.05 bits per heavy atom. The lowest BCUT2D eigenvalue weighted by atomic mass is 10.0. The van der Waals surface area contributed by atoms with Crippen molar-refractivity contribution in [2.24, 2.45) is 0 Å².